The smallest absolute Gasteiger partial charge is 0.234 e. The molecule has 2 amide bonds. The van der Waals surface area contributed by atoms with Gasteiger partial charge in [0.1, 0.15) is 0 Å². The molecule has 0 radical (unpaired) electrons. The van der Waals surface area contributed by atoms with E-state index in [9.17, 15) is 9.59 Å². The van der Waals surface area contributed by atoms with Crippen molar-refractivity contribution >= 4 is 29.1 Å². The first-order valence-corrected chi connectivity index (χ1v) is 7.60. The summed E-state index contributed by atoms with van der Waals surface area (Å²) in [4.78, 5) is 26.1. The quantitative estimate of drug-likeness (QED) is 0.783. The van der Waals surface area contributed by atoms with Gasteiger partial charge in [-0.15, -0.1) is 0 Å². The molecular formula is C18H16ClNO2. The van der Waals surface area contributed by atoms with Crippen LogP contribution in [-0.2, 0) is 9.59 Å². The van der Waals surface area contributed by atoms with Gasteiger partial charge in [0.15, 0.2) is 0 Å². The number of aryl methyl sites for hydroxylation is 1. The van der Waals surface area contributed by atoms with Crippen molar-refractivity contribution in [1.29, 1.82) is 0 Å². The molecule has 0 N–H and O–H groups in total. The Bertz CT molecular complexity index is 689. The minimum atomic E-state index is -0.163. The Balaban J connectivity index is 1.82. The number of carbonyl (C=O) groups excluding carboxylic acids is 2. The molecule has 0 spiro atoms. The molecule has 1 saturated heterocycles. The average molecular weight is 314 g/mol. The summed E-state index contributed by atoms with van der Waals surface area (Å²) >= 11 is 5.85. The van der Waals surface area contributed by atoms with Crippen LogP contribution in [0.15, 0.2) is 48.5 Å². The molecule has 0 aliphatic carbocycles. The number of nitrogens with zero attached hydrogens (tertiary/aromatic N) is 1. The fourth-order valence-corrected chi connectivity index (χ4v) is 2.89. The first kappa shape index (κ1) is 14.8. The fraction of sp³-hybridized carbons (Fsp3) is 0.222. The molecule has 1 aliphatic heterocycles. The molecule has 1 fully saturated rings. The molecule has 3 rings (SSSR count). The van der Waals surface area contributed by atoms with E-state index in [1.54, 1.807) is 24.3 Å². The van der Waals surface area contributed by atoms with Gasteiger partial charge >= 0.3 is 0 Å². The van der Waals surface area contributed by atoms with E-state index in [0.717, 1.165) is 5.56 Å². The summed E-state index contributed by atoms with van der Waals surface area (Å²) in [6.07, 6.45) is 0.689. The molecule has 0 aromatic heterocycles. The highest BCUT2D eigenvalue weighted by molar-refractivity contribution is 6.30. The molecular weight excluding hydrogens is 298 g/mol. The first-order chi connectivity index (χ1) is 10.5. The van der Waals surface area contributed by atoms with Crippen LogP contribution in [0.3, 0.4) is 0 Å². The Labute approximate surface area is 134 Å². The lowest BCUT2D eigenvalue weighted by molar-refractivity contribution is -0.129. The van der Waals surface area contributed by atoms with E-state index in [1.165, 1.54) is 10.5 Å². The van der Waals surface area contributed by atoms with Gasteiger partial charge in [0.05, 0.1) is 5.69 Å². The first-order valence-electron chi connectivity index (χ1n) is 7.22. The van der Waals surface area contributed by atoms with Crippen LogP contribution in [0.2, 0.25) is 5.02 Å². The van der Waals surface area contributed by atoms with Crippen molar-refractivity contribution in [2.45, 2.75) is 25.7 Å². The van der Waals surface area contributed by atoms with Gasteiger partial charge in [0.2, 0.25) is 11.8 Å². The summed E-state index contributed by atoms with van der Waals surface area (Å²) in [6.45, 7) is 2.02. The number of anilines is 1. The number of benzene rings is 2. The lowest BCUT2D eigenvalue weighted by Gasteiger charge is -2.30. The molecule has 0 bridgehead atoms. The summed E-state index contributed by atoms with van der Waals surface area (Å²) < 4.78 is 0. The molecule has 2 aromatic carbocycles. The zero-order valence-electron chi connectivity index (χ0n) is 12.3. The maximum absolute atomic E-state index is 12.4. The van der Waals surface area contributed by atoms with Gasteiger partial charge in [-0.1, -0.05) is 41.4 Å². The number of hydrogen-bond donors (Lipinski definition) is 0. The maximum Gasteiger partial charge on any atom is 0.234 e. The molecule has 4 heteroatoms. The van der Waals surface area contributed by atoms with E-state index < -0.39 is 0 Å². The van der Waals surface area contributed by atoms with Crippen molar-refractivity contribution < 1.29 is 9.59 Å². The Morgan fingerprint density at radius 3 is 2.00 bits per heavy atom. The van der Waals surface area contributed by atoms with Crippen molar-refractivity contribution in [2.24, 2.45) is 0 Å². The van der Waals surface area contributed by atoms with Crippen LogP contribution in [0.5, 0.6) is 0 Å². The molecule has 0 unspecified atom stereocenters. The summed E-state index contributed by atoms with van der Waals surface area (Å²) in [5.74, 6) is -0.363. The molecule has 1 heterocycles. The average Bonchev–Trinajstić information content (AvgIpc) is 2.49. The van der Waals surface area contributed by atoms with E-state index in [1.807, 2.05) is 31.2 Å². The molecule has 3 nitrogen and oxygen atoms in total. The zero-order chi connectivity index (χ0) is 15.7. The highest BCUT2D eigenvalue weighted by Crippen LogP contribution is 2.32. The predicted molar refractivity (Wildman–Crippen MR) is 87.1 cm³/mol. The SMILES string of the molecule is Cc1ccc(C2CC(=O)N(c3ccc(Cl)cc3)C(=O)C2)cc1. The number of hydrogen-bond acceptors (Lipinski definition) is 2. The number of rotatable bonds is 2. The van der Waals surface area contributed by atoms with Crippen LogP contribution in [0.4, 0.5) is 5.69 Å². The summed E-state index contributed by atoms with van der Waals surface area (Å²) in [5.41, 5.74) is 2.80. The molecule has 0 saturated carbocycles. The van der Waals surface area contributed by atoms with Crippen LogP contribution in [-0.4, -0.2) is 11.8 Å². The van der Waals surface area contributed by atoms with Gasteiger partial charge in [-0.25, -0.2) is 0 Å². The van der Waals surface area contributed by atoms with Crippen molar-refractivity contribution in [2.75, 3.05) is 4.90 Å². The van der Waals surface area contributed by atoms with Crippen LogP contribution < -0.4 is 4.90 Å². The van der Waals surface area contributed by atoms with Crippen molar-refractivity contribution in [3.8, 4) is 0 Å². The molecule has 112 valence electrons. The van der Waals surface area contributed by atoms with Gasteiger partial charge in [0, 0.05) is 23.8 Å². The number of amides is 2. The van der Waals surface area contributed by atoms with Crippen LogP contribution >= 0.6 is 11.6 Å². The number of imide groups is 1. The molecule has 22 heavy (non-hydrogen) atoms. The second-order valence-electron chi connectivity index (χ2n) is 5.62. The highest BCUT2D eigenvalue weighted by atomic mass is 35.5. The van der Waals surface area contributed by atoms with Gasteiger partial charge < -0.3 is 0 Å². The maximum atomic E-state index is 12.4. The number of carbonyl (C=O) groups is 2. The summed E-state index contributed by atoms with van der Waals surface area (Å²) in [5, 5.41) is 0.582. The molecule has 2 aromatic rings. The summed E-state index contributed by atoms with van der Waals surface area (Å²) in [7, 11) is 0. The fourth-order valence-electron chi connectivity index (χ4n) is 2.77. The Morgan fingerprint density at radius 2 is 1.45 bits per heavy atom. The lowest BCUT2D eigenvalue weighted by atomic mass is 9.88. The second-order valence-corrected chi connectivity index (χ2v) is 6.05. The van der Waals surface area contributed by atoms with Gasteiger partial charge in [-0.2, -0.15) is 0 Å². The Kier molecular flexibility index (Phi) is 3.99. The van der Waals surface area contributed by atoms with E-state index >= 15 is 0 Å². The van der Waals surface area contributed by atoms with Crippen molar-refractivity contribution in [3.05, 3.63) is 64.7 Å². The minimum Gasteiger partial charge on any atom is -0.274 e. The van der Waals surface area contributed by atoms with Gasteiger partial charge in [0.25, 0.3) is 0 Å². The van der Waals surface area contributed by atoms with Gasteiger partial charge in [-0.3, -0.25) is 14.5 Å². The topological polar surface area (TPSA) is 37.4 Å². The minimum absolute atomic E-state index is 0.0378. The highest BCUT2D eigenvalue weighted by Gasteiger charge is 2.34. The predicted octanol–water partition coefficient (Wildman–Crippen LogP) is 4.09. The third-order valence-corrected chi connectivity index (χ3v) is 4.23. The van der Waals surface area contributed by atoms with E-state index in [-0.39, 0.29) is 17.7 Å². The van der Waals surface area contributed by atoms with Crippen molar-refractivity contribution in [1.82, 2.24) is 0 Å². The second kappa shape index (κ2) is 5.93. The molecule has 1 aliphatic rings. The third kappa shape index (κ3) is 2.90. The Hall–Kier alpha value is -2.13. The van der Waals surface area contributed by atoms with E-state index in [4.69, 9.17) is 11.6 Å². The lowest BCUT2D eigenvalue weighted by Crippen LogP contribution is -2.42. The Morgan fingerprint density at radius 1 is 0.909 bits per heavy atom. The third-order valence-electron chi connectivity index (χ3n) is 3.97. The van der Waals surface area contributed by atoms with E-state index in [0.29, 0.717) is 23.6 Å². The van der Waals surface area contributed by atoms with Crippen LogP contribution in [0, 0.1) is 6.92 Å². The monoisotopic (exact) mass is 313 g/mol. The largest absolute Gasteiger partial charge is 0.274 e. The number of halogens is 1. The van der Waals surface area contributed by atoms with Crippen LogP contribution in [0.25, 0.3) is 0 Å². The zero-order valence-corrected chi connectivity index (χ0v) is 13.0. The van der Waals surface area contributed by atoms with E-state index in [2.05, 4.69) is 0 Å². The standard InChI is InChI=1S/C18H16ClNO2/c1-12-2-4-13(5-3-12)14-10-17(21)20(18(22)11-14)16-8-6-15(19)7-9-16/h2-9,14H,10-11H2,1H3. The summed E-state index contributed by atoms with van der Waals surface area (Å²) in [6, 6.07) is 14.8. The van der Waals surface area contributed by atoms with Crippen molar-refractivity contribution in [3.63, 3.8) is 0 Å². The normalized spacial score (nSPS) is 16.2. The van der Waals surface area contributed by atoms with Gasteiger partial charge in [-0.05, 0) is 36.8 Å². The van der Waals surface area contributed by atoms with Crippen LogP contribution in [0.1, 0.15) is 29.9 Å². The number of piperidine rings is 1. The molecule has 0 atom stereocenters.